The standard InChI is InChI=1S/C18H18BrN3O/c1-3-12-5-4-6-15-17(12)21(2)18(20)22(15)11-16(23)13-7-9-14(19)10-8-13/h4-10,20H,3,11H2,1-2H3. The number of carbonyl (C=O) groups is 1. The Labute approximate surface area is 143 Å². The Morgan fingerprint density at radius 2 is 1.87 bits per heavy atom. The highest BCUT2D eigenvalue weighted by molar-refractivity contribution is 9.10. The monoisotopic (exact) mass is 371 g/mol. The fraction of sp³-hybridized carbons (Fsp3) is 0.222. The van der Waals surface area contributed by atoms with Gasteiger partial charge in [0.1, 0.15) is 0 Å². The molecule has 0 amide bonds. The molecule has 3 rings (SSSR count). The Kier molecular flexibility index (Phi) is 4.22. The summed E-state index contributed by atoms with van der Waals surface area (Å²) in [5.41, 5.74) is 4.15. The fourth-order valence-corrected chi connectivity index (χ4v) is 3.16. The third-order valence-electron chi connectivity index (χ3n) is 4.15. The van der Waals surface area contributed by atoms with Gasteiger partial charge in [-0.3, -0.25) is 10.2 Å². The van der Waals surface area contributed by atoms with Crippen molar-refractivity contribution >= 4 is 32.7 Å². The van der Waals surface area contributed by atoms with E-state index in [1.165, 1.54) is 5.56 Å². The molecule has 0 saturated heterocycles. The van der Waals surface area contributed by atoms with Gasteiger partial charge in [0.25, 0.3) is 0 Å². The van der Waals surface area contributed by atoms with E-state index >= 15 is 0 Å². The van der Waals surface area contributed by atoms with Crippen LogP contribution in [0.2, 0.25) is 0 Å². The Balaban J connectivity index is 2.07. The second-order valence-electron chi connectivity index (χ2n) is 5.54. The van der Waals surface area contributed by atoms with Crippen LogP contribution in [0.3, 0.4) is 0 Å². The number of aromatic nitrogens is 2. The van der Waals surface area contributed by atoms with E-state index < -0.39 is 0 Å². The van der Waals surface area contributed by atoms with Crippen molar-refractivity contribution in [3.8, 4) is 0 Å². The van der Waals surface area contributed by atoms with Gasteiger partial charge in [0, 0.05) is 17.1 Å². The van der Waals surface area contributed by atoms with E-state index in [1.54, 1.807) is 16.7 Å². The number of imidazole rings is 1. The molecule has 0 spiro atoms. The number of nitrogens with zero attached hydrogens (tertiary/aromatic N) is 2. The molecule has 3 aromatic rings. The maximum Gasteiger partial charge on any atom is 0.203 e. The van der Waals surface area contributed by atoms with Crippen molar-refractivity contribution in [3.63, 3.8) is 0 Å². The van der Waals surface area contributed by atoms with Crippen LogP contribution in [0.4, 0.5) is 0 Å². The van der Waals surface area contributed by atoms with Gasteiger partial charge in [-0.25, -0.2) is 0 Å². The van der Waals surface area contributed by atoms with Crippen LogP contribution in [0.5, 0.6) is 0 Å². The molecule has 1 heterocycles. The first-order chi connectivity index (χ1) is 11.0. The number of hydrogen-bond donors (Lipinski definition) is 1. The minimum absolute atomic E-state index is 0.00500. The number of fused-ring (bicyclic) bond motifs is 1. The van der Waals surface area contributed by atoms with Crippen molar-refractivity contribution in [2.75, 3.05) is 0 Å². The molecular weight excluding hydrogens is 354 g/mol. The lowest BCUT2D eigenvalue weighted by Gasteiger charge is -2.05. The summed E-state index contributed by atoms with van der Waals surface area (Å²) in [6, 6.07) is 13.4. The number of benzene rings is 2. The maximum absolute atomic E-state index is 12.6. The van der Waals surface area contributed by atoms with E-state index in [4.69, 9.17) is 5.41 Å². The summed E-state index contributed by atoms with van der Waals surface area (Å²) in [5.74, 6) is 0.00500. The Morgan fingerprint density at radius 3 is 2.52 bits per heavy atom. The summed E-state index contributed by atoms with van der Waals surface area (Å²) < 4.78 is 4.57. The summed E-state index contributed by atoms with van der Waals surface area (Å²) in [4.78, 5) is 12.6. The van der Waals surface area contributed by atoms with Gasteiger partial charge in [0.2, 0.25) is 5.62 Å². The predicted octanol–water partition coefficient (Wildman–Crippen LogP) is 3.67. The van der Waals surface area contributed by atoms with Gasteiger partial charge < -0.3 is 9.13 Å². The highest BCUT2D eigenvalue weighted by atomic mass is 79.9. The van der Waals surface area contributed by atoms with E-state index in [0.29, 0.717) is 11.2 Å². The van der Waals surface area contributed by atoms with Crippen LogP contribution >= 0.6 is 15.9 Å². The molecule has 0 fully saturated rings. The molecule has 23 heavy (non-hydrogen) atoms. The quantitative estimate of drug-likeness (QED) is 0.698. The summed E-state index contributed by atoms with van der Waals surface area (Å²) in [6.07, 6.45) is 0.898. The van der Waals surface area contributed by atoms with Gasteiger partial charge in [-0.15, -0.1) is 0 Å². The number of carbonyl (C=O) groups excluding carboxylic acids is 1. The van der Waals surface area contributed by atoms with Crippen molar-refractivity contribution in [2.45, 2.75) is 19.9 Å². The maximum atomic E-state index is 12.6. The average molecular weight is 372 g/mol. The average Bonchev–Trinajstić information content (AvgIpc) is 2.80. The molecule has 4 nitrogen and oxygen atoms in total. The van der Waals surface area contributed by atoms with E-state index in [0.717, 1.165) is 21.9 Å². The normalized spacial score (nSPS) is 11.1. The van der Waals surface area contributed by atoms with Gasteiger partial charge in [-0.05, 0) is 30.2 Å². The number of aryl methyl sites for hydroxylation is 2. The van der Waals surface area contributed by atoms with E-state index in [9.17, 15) is 4.79 Å². The Morgan fingerprint density at radius 1 is 1.17 bits per heavy atom. The molecule has 1 N–H and O–H groups in total. The molecule has 0 aliphatic carbocycles. The SMILES string of the molecule is CCc1cccc2c1n(C)c(=N)n2CC(=O)c1ccc(Br)cc1. The molecule has 2 aromatic carbocycles. The lowest BCUT2D eigenvalue weighted by atomic mass is 10.1. The highest BCUT2D eigenvalue weighted by Gasteiger charge is 2.14. The second-order valence-corrected chi connectivity index (χ2v) is 6.45. The van der Waals surface area contributed by atoms with Crippen LogP contribution in [0, 0.1) is 5.41 Å². The van der Waals surface area contributed by atoms with Crippen LogP contribution < -0.4 is 5.62 Å². The first kappa shape index (κ1) is 15.7. The van der Waals surface area contributed by atoms with Crippen molar-refractivity contribution < 1.29 is 4.79 Å². The zero-order valence-electron chi connectivity index (χ0n) is 13.1. The number of Topliss-reactive ketones (excluding diaryl/α,β-unsaturated/α-hetero) is 1. The van der Waals surface area contributed by atoms with Crippen molar-refractivity contribution in [2.24, 2.45) is 7.05 Å². The van der Waals surface area contributed by atoms with Crippen LogP contribution in [-0.4, -0.2) is 14.9 Å². The Bertz CT molecular complexity index is 935. The third-order valence-corrected chi connectivity index (χ3v) is 4.68. The molecule has 0 atom stereocenters. The van der Waals surface area contributed by atoms with Gasteiger partial charge in [0.05, 0.1) is 17.6 Å². The van der Waals surface area contributed by atoms with Gasteiger partial charge in [-0.2, -0.15) is 0 Å². The summed E-state index contributed by atoms with van der Waals surface area (Å²) >= 11 is 3.37. The summed E-state index contributed by atoms with van der Waals surface area (Å²) in [7, 11) is 1.88. The lowest BCUT2D eigenvalue weighted by Crippen LogP contribution is -2.25. The third kappa shape index (κ3) is 2.77. The molecule has 0 aliphatic rings. The molecule has 0 aliphatic heterocycles. The summed E-state index contributed by atoms with van der Waals surface area (Å²) in [6.45, 7) is 2.27. The van der Waals surface area contributed by atoms with E-state index in [2.05, 4.69) is 28.9 Å². The van der Waals surface area contributed by atoms with Gasteiger partial charge >= 0.3 is 0 Å². The molecule has 1 aromatic heterocycles. The number of para-hydroxylation sites is 1. The van der Waals surface area contributed by atoms with Crippen molar-refractivity contribution in [1.82, 2.24) is 9.13 Å². The summed E-state index contributed by atoms with van der Waals surface area (Å²) in [5, 5.41) is 8.35. The fourth-order valence-electron chi connectivity index (χ4n) is 2.90. The van der Waals surface area contributed by atoms with Crippen LogP contribution in [-0.2, 0) is 20.0 Å². The number of nitrogens with one attached hydrogen (secondary N) is 1. The van der Waals surface area contributed by atoms with Gasteiger partial charge in [-0.1, -0.05) is 47.1 Å². The molecular formula is C18H18BrN3O. The molecule has 0 saturated carbocycles. The minimum atomic E-state index is 0.00500. The van der Waals surface area contributed by atoms with Crippen LogP contribution in [0.25, 0.3) is 11.0 Å². The van der Waals surface area contributed by atoms with E-state index in [1.807, 2.05) is 35.9 Å². The zero-order chi connectivity index (χ0) is 16.6. The van der Waals surface area contributed by atoms with Crippen molar-refractivity contribution in [1.29, 1.82) is 5.41 Å². The topological polar surface area (TPSA) is 50.8 Å². The number of rotatable bonds is 4. The smallest absolute Gasteiger partial charge is 0.203 e. The predicted molar refractivity (Wildman–Crippen MR) is 94.6 cm³/mol. The number of hydrogen-bond acceptors (Lipinski definition) is 2. The second kappa shape index (κ2) is 6.16. The number of halogens is 1. The van der Waals surface area contributed by atoms with Crippen LogP contribution in [0.1, 0.15) is 22.8 Å². The largest absolute Gasteiger partial charge is 0.313 e. The molecule has 0 bridgehead atoms. The van der Waals surface area contributed by atoms with E-state index in [-0.39, 0.29) is 12.3 Å². The first-order valence-electron chi connectivity index (χ1n) is 7.53. The first-order valence-corrected chi connectivity index (χ1v) is 8.32. The van der Waals surface area contributed by atoms with Crippen LogP contribution in [0.15, 0.2) is 46.9 Å². The molecule has 118 valence electrons. The molecule has 0 radical (unpaired) electrons. The highest BCUT2D eigenvalue weighted by Crippen LogP contribution is 2.19. The Hall–Kier alpha value is -2.14. The van der Waals surface area contributed by atoms with Gasteiger partial charge in [0.15, 0.2) is 5.78 Å². The molecule has 5 heteroatoms. The molecule has 0 unspecified atom stereocenters. The lowest BCUT2D eigenvalue weighted by molar-refractivity contribution is 0.0971. The number of ketones is 1. The minimum Gasteiger partial charge on any atom is -0.313 e. The van der Waals surface area contributed by atoms with Crippen molar-refractivity contribution in [3.05, 3.63) is 63.7 Å². The zero-order valence-corrected chi connectivity index (χ0v) is 14.7.